The van der Waals surface area contributed by atoms with Crippen molar-refractivity contribution in [2.45, 2.75) is 38.8 Å². The number of carbonyl (C=O) groups excluding carboxylic acids is 2. The Kier molecular flexibility index (Phi) is 8.08. The van der Waals surface area contributed by atoms with Crippen molar-refractivity contribution < 1.29 is 19.1 Å². The number of rotatable bonds is 9. The Morgan fingerprint density at radius 1 is 1.09 bits per heavy atom. The standard InChI is InChI=1S/C28H32N2O4S/c1-4-20(2)30(28(32)21-10-6-5-7-11-21)18-27(31)29-16-14-26-22(15-17-35-26)23(29)19-34-25-13-9-8-12-24(25)33-3/h5-13,15,17,20,23H,4,14,16,18-19H2,1-3H3/t20-,23-/m1/s1. The molecule has 0 spiro atoms. The number of hydrogen-bond acceptors (Lipinski definition) is 5. The van der Waals surface area contributed by atoms with Gasteiger partial charge in [0.05, 0.1) is 13.2 Å². The highest BCUT2D eigenvalue weighted by Crippen LogP contribution is 2.35. The molecule has 0 bridgehead atoms. The molecule has 4 rings (SSSR count). The molecule has 35 heavy (non-hydrogen) atoms. The van der Waals surface area contributed by atoms with Gasteiger partial charge in [-0.3, -0.25) is 9.59 Å². The summed E-state index contributed by atoms with van der Waals surface area (Å²) in [7, 11) is 1.61. The summed E-state index contributed by atoms with van der Waals surface area (Å²) in [5.41, 5.74) is 1.71. The van der Waals surface area contributed by atoms with Gasteiger partial charge >= 0.3 is 0 Å². The van der Waals surface area contributed by atoms with Crippen molar-refractivity contribution in [2.24, 2.45) is 0 Å². The van der Waals surface area contributed by atoms with Gasteiger partial charge in [-0.15, -0.1) is 11.3 Å². The minimum Gasteiger partial charge on any atom is -0.493 e. The van der Waals surface area contributed by atoms with Gasteiger partial charge in [0.25, 0.3) is 5.91 Å². The lowest BCUT2D eigenvalue weighted by Crippen LogP contribution is -2.49. The molecule has 7 heteroatoms. The van der Waals surface area contributed by atoms with Crippen LogP contribution in [0.15, 0.2) is 66.0 Å². The van der Waals surface area contributed by atoms with Crippen LogP contribution in [-0.2, 0) is 11.2 Å². The van der Waals surface area contributed by atoms with Crippen LogP contribution in [0.3, 0.4) is 0 Å². The van der Waals surface area contributed by atoms with Crippen LogP contribution < -0.4 is 9.47 Å². The summed E-state index contributed by atoms with van der Waals surface area (Å²) < 4.78 is 11.6. The third-order valence-corrected chi connectivity index (χ3v) is 7.59. The molecule has 0 radical (unpaired) electrons. The number of amides is 2. The van der Waals surface area contributed by atoms with Gasteiger partial charge in [0.1, 0.15) is 13.2 Å². The monoisotopic (exact) mass is 492 g/mol. The van der Waals surface area contributed by atoms with Gasteiger partial charge in [0, 0.05) is 23.0 Å². The molecule has 0 saturated carbocycles. The highest BCUT2D eigenvalue weighted by atomic mass is 32.1. The van der Waals surface area contributed by atoms with Crippen molar-refractivity contribution in [1.82, 2.24) is 9.80 Å². The maximum absolute atomic E-state index is 13.7. The zero-order valence-electron chi connectivity index (χ0n) is 20.5. The zero-order chi connectivity index (χ0) is 24.8. The van der Waals surface area contributed by atoms with Gasteiger partial charge in [0.15, 0.2) is 11.5 Å². The van der Waals surface area contributed by atoms with Gasteiger partial charge in [-0.05, 0) is 61.0 Å². The van der Waals surface area contributed by atoms with Gasteiger partial charge in [-0.1, -0.05) is 37.3 Å². The smallest absolute Gasteiger partial charge is 0.254 e. The molecule has 2 heterocycles. The normalized spacial score (nSPS) is 15.7. The lowest BCUT2D eigenvalue weighted by atomic mass is 10.00. The zero-order valence-corrected chi connectivity index (χ0v) is 21.3. The average Bonchev–Trinajstić information content (AvgIpc) is 3.39. The van der Waals surface area contributed by atoms with Crippen molar-refractivity contribution >= 4 is 23.2 Å². The van der Waals surface area contributed by atoms with E-state index in [-0.39, 0.29) is 30.4 Å². The van der Waals surface area contributed by atoms with E-state index in [1.165, 1.54) is 4.88 Å². The molecule has 0 N–H and O–H groups in total. The van der Waals surface area contributed by atoms with Gasteiger partial charge < -0.3 is 19.3 Å². The van der Waals surface area contributed by atoms with Crippen LogP contribution in [0, 0.1) is 0 Å². The molecule has 0 unspecified atom stereocenters. The molecule has 1 aliphatic heterocycles. The minimum atomic E-state index is -0.229. The molecule has 0 saturated heterocycles. The first-order valence-electron chi connectivity index (χ1n) is 12.0. The maximum atomic E-state index is 13.7. The predicted octanol–water partition coefficient (Wildman–Crippen LogP) is 5.20. The van der Waals surface area contributed by atoms with E-state index in [0.717, 1.165) is 18.4 Å². The third kappa shape index (κ3) is 5.51. The lowest BCUT2D eigenvalue weighted by molar-refractivity contribution is -0.136. The van der Waals surface area contributed by atoms with Crippen LogP contribution in [-0.4, -0.2) is 54.5 Å². The Labute approximate surface area is 211 Å². The molecule has 6 nitrogen and oxygen atoms in total. The number of carbonyl (C=O) groups is 2. The molecular formula is C28H32N2O4S. The van der Waals surface area contributed by atoms with Crippen molar-refractivity contribution in [1.29, 1.82) is 0 Å². The molecule has 2 aromatic carbocycles. The summed E-state index contributed by atoms with van der Waals surface area (Å²) in [5.74, 6) is 1.11. The molecule has 0 fully saturated rings. The highest BCUT2D eigenvalue weighted by molar-refractivity contribution is 7.10. The Balaban J connectivity index is 1.55. The van der Waals surface area contributed by atoms with Crippen molar-refractivity contribution in [3.63, 3.8) is 0 Å². The van der Waals surface area contributed by atoms with Crippen LogP contribution in [0.25, 0.3) is 0 Å². The number of benzene rings is 2. The van der Waals surface area contributed by atoms with Gasteiger partial charge in [0.2, 0.25) is 5.91 Å². The summed E-state index contributed by atoms with van der Waals surface area (Å²) in [5, 5.41) is 2.07. The number of thiophene rings is 1. The van der Waals surface area contributed by atoms with Crippen LogP contribution in [0.5, 0.6) is 11.5 Å². The Morgan fingerprint density at radius 3 is 2.51 bits per heavy atom. The van der Waals surface area contributed by atoms with E-state index in [4.69, 9.17) is 9.47 Å². The quantitative estimate of drug-likeness (QED) is 0.412. The summed E-state index contributed by atoms with van der Waals surface area (Å²) in [6, 6.07) is 18.5. The first-order valence-corrected chi connectivity index (χ1v) is 12.9. The summed E-state index contributed by atoms with van der Waals surface area (Å²) in [6.07, 6.45) is 1.57. The van der Waals surface area contributed by atoms with E-state index in [1.54, 1.807) is 35.5 Å². The molecule has 184 valence electrons. The van der Waals surface area contributed by atoms with E-state index in [0.29, 0.717) is 30.2 Å². The van der Waals surface area contributed by atoms with E-state index >= 15 is 0 Å². The van der Waals surface area contributed by atoms with Crippen LogP contribution in [0.2, 0.25) is 0 Å². The first-order chi connectivity index (χ1) is 17.0. The van der Waals surface area contributed by atoms with Crippen LogP contribution >= 0.6 is 11.3 Å². The Morgan fingerprint density at radius 2 is 1.80 bits per heavy atom. The fourth-order valence-corrected chi connectivity index (χ4v) is 5.34. The molecular weight excluding hydrogens is 460 g/mol. The summed E-state index contributed by atoms with van der Waals surface area (Å²) >= 11 is 1.71. The van der Waals surface area contributed by atoms with Crippen LogP contribution in [0.1, 0.15) is 47.1 Å². The number of nitrogens with zero attached hydrogens (tertiary/aromatic N) is 2. The van der Waals surface area contributed by atoms with Crippen molar-refractivity contribution in [2.75, 3.05) is 26.8 Å². The Hall–Kier alpha value is -3.32. The molecule has 0 aliphatic carbocycles. The van der Waals surface area contributed by atoms with Gasteiger partial charge in [-0.25, -0.2) is 0 Å². The van der Waals surface area contributed by atoms with Crippen molar-refractivity contribution in [3.05, 3.63) is 82.0 Å². The summed E-state index contributed by atoms with van der Waals surface area (Å²) in [6.45, 7) is 4.96. The van der Waals surface area contributed by atoms with E-state index < -0.39 is 0 Å². The first kappa shape index (κ1) is 24.8. The Bertz CT molecular complexity index is 1150. The summed E-state index contributed by atoms with van der Waals surface area (Å²) in [4.78, 5) is 31.8. The molecule has 3 aromatic rings. The molecule has 2 amide bonds. The maximum Gasteiger partial charge on any atom is 0.254 e. The SMILES string of the molecule is CC[C@@H](C)N(CC(=O)N1CCc2sccc2[C@H]1COc1ccccc1OC)C(=O)c1ccccc1. The van der Waals surface area contributed by atoms with E-state index in [9.17, 15) is 9.59 Å². The lowest BCUT2D eigenvalue weighted by Gasteiger charge is -2.38. The average molecular weight is 493 g/mol. The second-order valence-corrected chi connectivity index (χ2v) is 9.67. The van der Waals surface area contributed by atoms with Gasteiger partial charge in [-0.2, -0.15) is 0 Å². The number of para-hydroxylation sites is 2. The van der Waals surface area contributed by atoms with Crippen LogP contribution in [0.4, 0.5) is 0 Å². The highest BCUT2D eigenvalue weighted by Gasteiger charge is 2.34. The predicted molar refractivity (Wildman–Crippen MR) is 138 cm³/mol. The molecule has 1 aliphatic rings. The van der Waals surface area contributed by atoms with Crippen molar-refractivity contribution in [3.8, 4) is 11.5 Å². The fraction of sp³-hybridized carbons (Fsp3) is 0.357. The number of ether oxygens (including phenoxy) is 2. The second-order valence-electron chi connectivity index (χ2n) is 8.67. The fourth-order valence-electron chi connectivity index (χ4n) is 4.41. The third-order valence-electron chi connectivity index (χ3n) is 6.59. The van der Waals surface area contributed by atoms with E-state index in [2.05, 4.69) is 11.4 Å². The van der Waals surface area contributed by atoms with E-state index in [1.807, 2.05) is 61.2 Å². The topological polar surface area (TPSA) is 59.1 Å². The number of methoxy groups -OCH3 is 1. The number of fused-ring (bicyclic) bond motifs is 1. The molecule has 1 aromatic heterocycles. The minimum absolute atomic E-state index is 0.0351. The second kappa shape index (κ2) is 11.4. The molecule has 2 atom stereocenters. The largest absolute Gasteiger partial charge is 0.493 e. The number of hydrogen-bond donors (Lipinski definition) is 0.